The zero-order chi connectivity index (χ0) is 13.7. The third-order valence-electron chi connectivity index (χ3n) is 4.11. The highest BCUT2D eigenvalue weighted by atomic mass is 15.3. The number of hydrogen-bond acceptors (Lipinski definition) is 2. The van der Waals surface area contributed by atoms with E-state index in [2.05, 4.69) is 42.1 Å². The molecule has 3 heteroatoms. The Morgan fingerprint density at radius 3 is 2.68 bits per heavy atom. The standard InChI is InChI=1S/C16H29N3/c1-4-16-14(11-17-10-13(2)3)12-18-19(16)15-8-6-5-7-9-15/h12-13,15,17H,4-11H2,1-3H3. The van der Waals surface area contributed by atoms with Crippen LogP contribution in [-0.4, -0.2) is 16.3 Å². The van der Waals surface area contributed by atoms with Crippen LogP contribution in [0.3, 0.4) is 0 Å². The van der Waals surface area contributed by atoms with Crippen LogP contribution in [0.2, 0.25) is 0 Å². The molecule has 0 spiro atoms. The summed E-state index contributed by atoms with van der Waals surface area (Å²) in [5.74, 6) is 0.707. The van der Waals surface area contributed by atoms with Gasteiger partial charge in [0, 0.05) is 17.8 Å². The quantitative estimate of drug-likeness (QED) is 0.848. The number of hydrogen-bond donors (Lipinski definition) is 1. The molecule has 0 aromatic carbocycles. The van der Waals surface area contributed by atoms with Gasteiger partial charge in [-0.2, -0.15) is 5.10 Å². The Kier molecular flexibility index (Phi) is 5.44. The summed E-state index contributed by atoms with van der Waals surface area (Å²) in [7, 11) is 0. The normalized spacial score (nSPS) is 17.3. The second kappa shape index (κ2) is 7.09. The van der Waals surface area contributed by atoms with Gasteiger partial charge in [-0.05, 0) is 31.7 Å². The first-order valence-corrected chi connectivity index (χ1v) is 7.98. The van der Waals surface area contributed by atoms with Crippen molar-refractivity contribution in [1.29, 1.82) is 0 Å². The molecule has 1 aliphatic rings. The highest BCUT2D eigenvalue weighted by Crippen LogP contribution is 2.29. The molecule has 0 saturated heterocycles. The topological polar surface area (TPSA) is 29.9 Å². The maximum Gasteiger partial charge on any atom is 0.0537 e. The molecule has 0 bridgehead atoms. The lowest BCUT2D eigenvalue weighted by atomic mass is 9.95. The Hall–Kier alpha value is -0.830. The minimum atomic E-state index is 0.655. The largest absolute Gasteiger partial charge is 0.312 e. The number of aromatic nitrogens is 2. The first-order valence-electron chi connectivity index (χ1n) is 7.98. The molecule has 1 heterocycles. The van der Waals surface area contributed by atoms with Crippen LogP contribution in [0.4, 0.5) is 0 Å². The van der Waals surface area contributed by atoms with Crippen LogP contribution < -0.4 is 5.32 Å². The Labute approximate surface area is 117 Å². The SMILES string of the molecule is CCc1c(CNCC(C)C)cnn1C1CCCCC1. The molecule has 0 radical (unpaired) electrons. The van der Waals surface area contributed by atoms with Gasteiger partial charge in [0.1, 0.15) is 0 Å². The summed E-state index contributed by atoms with van der Waals surface area (Å²) >= 11 is 0. The molecule has 1 fully saturated rings. The molecule has 0 aliphatic heterocycles. The summed E-state index contributed by atoms with van der Waals surface area (Å²) in [6.07, 6.45) is 9.95. The van der Waals surface area contributed by atoms with Crippen LogP contribution in [-0.2, 0) is 13.0 Å². The third-order valence-corrected chi connectivity index (χ3v) is 4.11. The molecule has 19 heavy (non-hydrogen) atoms. The first-order chi connectivity index (χ1) is 9.22. The average molecular weight is 263 g/mol. The molecule has 108 valence electrons. The second-order valence-corrected chi connectivity index (χ2v) is 6.23. The zero-order valence-corrected chi connectivity index (χ0v) is 12.8. The Morgan fingerprint density at radius 2 is 2.05 bits per heavy atom. The molecule has 1 aromatic rings. The van der Waals surface area contributed by atoms with Crippen molar-refractivity contribution < 1.29 is 0 Å². The van der Waals surface area contributed by atoms with Crippen molar-refractivity contribution in [1.82, 2.24) is 15.1 Å². The number of nitrogens with one attached hydrogen (secondary N) is 1. The van der Waals surface area contributed by atoms with E-state index in [0.29, 0.717) is 12.0 Å². The fraction of sp³-hybridized carbons (Fsp3) is 0.812. The van der Waals surface area contributed by atoms with Gasteiger partial charge in [-0.3, -0.25) is 4.68 Å². The summed E-state index contributed by atoms with van der Waals surface area (Å²) in [6.45, 7) is 8.80. The van der Waals surface area contributed by atoms with Gasteiger partial charge >= 0.3 is 0 Å². The van der Waals surface area contributed by atoms with Crippen LogP contribution >= 0.6 is 0 Å². The van der Waals surface area contributed by atoms with E-state index < -0.39 is 0 Å². The van der Waals surface area contributed by atoms with Crippen LogP contribution in [0, 0.1) is 5.92 Å². The number of rotatable bonds is 6. The number of nitrogens with zero attached hydrogens (tertiary/aromatic N) is 2. The molecule has 1 saturated carbocycles. The predicted molar refractivity (Wildman–Crippen MR) is 80.3 cm³/mol. The monoisotopic (exact) mass is 263 g/mol. The molecule has 2 rings (SSSR count). The van der Waals surface area contributed by atoms with E-state index in [0.717, 1.165) is 19.5 Å². The van der Waals surface area contributed by atoms with Gasteiger partial charge in [0.05, 0.1) is 12.2 Å². The van der Waals surface area contributed by atoms with Crippen LogP contribution in [0.25, 0.3) is 0 Å². The molecular weight excluding hydrogens is 234 g/mol. The lowest BCUT2D eigenvalue weighted by Crippen LogP contribution is -2.20. The van der Waals surface area contributed by atoms with E-state index in [-0.39, 0.29) is 0 Å². The van der Waals surface area contributed by atoms with Gasteiger partial charge in [0.15, 0.2) is 0 Å². The molecule has 3 nitrogen and oxygen atoms in total. The van der Waals surface area contributed by atoms with Crippen molar-refractivity contribution in [3.63, 3.8) is 0 Å². The lowest BCUT2D eigenvalue weighted by molar-refractivity contribution is 0.322. The average Bonchev–Trinajstić information content (AvgIpc) is 2.82. The highest BCUT2D eigenvalue weighted by molar-refractivity contribution is 5.18. The summed E-state index contributed by atoms with van der Waals surface area (Å²) in [5.41, 5.74) is 2.84. The van der Waals surface area contributed by atoms with Crippen LogP contribution in [0.15, 0.2) is 6.20 Å². The minimum absolute atomic E-state index is 0.655. The molecule has 0 unspecified atom stereocenters. The van der Waals surface area contributed by atoms with Crippen molar-refractivity contribution in [3.8, 4) is 0 Å². The maximum atomic E-state index is 4.69. The van der Waals surface area contributed by atoms with Crippen molar-refractivity contribution in [2.45, 2.75) is 71.9 Å². The molecule has 1 aromatic heterocycles. The Morgan fingerprint density at radius 1 is 1.32 bits per heavy atom. The highest BCUT2D eigenvalue weighted by Gasteiger charge is 2.19. The van der Waals surface area contributed by atoms with Gasteiger partial charge in [0.25, 0.3) is 0 Å². The summed E-state index contributed by atoms with van der Waals surface area (Å²) in [5, 5.41) is 8.22. The summed E-state index contributed by atoms with van der Waals surface area (Å²) in [4.78, 5) is 0. The van der Waals surface area contributed by atoms with Crippen molar-refractivity contribution in [3.05, 3.63) is 17.5 Å². The van der Waals surface area contributed by atoms with Crippen molar-refractivity contribution >= 4 is 0 Å². The second-order valence-electron chi connectivity index (χ2n) is 6.23. The Bertz CT molecular complexity index is 375. The van der Waals surface area contributed by atoms with Gasteiger partial charge in [-0.1, -0.05) is 40.0 Å². The van der Waals surface area contributed by atoms with Gasteiger partial charge < -0.3 is 5.32 Å². The van der Waals surface area contributed by atoms with E-state index in [1.807, 2.05) is 0 Å². The molecule has 1 aliphatic carbocycles. The Balaban J connectivity index is 2.02. The molecular formula is C16H29N3. The molecule has 0 atom stereocenters. The fourth-order valence-electron chi connectivity index (χ4n) is 3.10. The van der Waals surface area contributed by atoms with E-state index in [4.69, 9.17) is 0 Å². The fourth-order valence-corrected chi connectivity index (χ4v) is 3.10. The first kappa shape index (κ1) is 14.6. The lowest BCUT2D eigenvalue weighted by Gasteiger charge is -2.24. The van der Waals surface area contributed by atoms with Crippen molar-refractivity contribution in [2.24, 2.45) is 5.92 Å². The van der Waals surface area contributed by atoms with Gasteiger partial charge in [-0.25, -0.2) is 0 Å². The van der Waals surface area contributed by atoms with E-state index >= 15 is 0 Å². The van der Waals surface area contributed by atoms with Crippen LogP contribution in [0.1, 0.15) is 70.2 Å². The van der Waals surface area contributed by atoms with Crippen molar-refractivity contribution in [2.75, 3.05) is 6.54 Å². The summed E-state index contributed by atoms with van der Waals surface area (Å²) < 4.78 is 2.32. The molecule has 1 N–H and O–H groups in total. The van der Waals surface area contributed by atoms with E-state index in [1.165, 1.54) is 43.4 Å². The minimum Gasteiger partial charge on any atom is -0.312 e. The van der Waals surface area contributed by atoms with E-state index in [9.17, 15) is 0 Å². The van der Waals surface area contributed by atoms with E-state index in [1.54, 1.807) is 0 Å². The zero-order valence-electron chi connectivity index (χ0n) is 12.8. The van der Waals surface area contributed by atoms with Crippen LogP contribution in [0.5, 0.6) is 0 Å². The maximum absolute atomic E-state index is 4.69. The van der Waals surface area contributed by atoms with Gasteiger partial charge in [0.2, 0.25) is 0 Å². The van der Waals surface area contributed by atoms with Gasteiger partial charge in [-0.15, -0.1) is 0 Å². The summed E-state index contributed by atoms with van der Waals surface area (Å²) in [6, 6.07) is 0.655. The molecule has 0 amide bonds. The third kappa shape index (κ3) is 3.82. The predicted octanol–water partition coefficient (Wildman–Crippen LogP) is 3.70. The smallest absolute Gasteiger partial charge is 0.0537 e.